The van der Waals surface area contributed by atoms with Crippen molar-refractivity contribution >= 4 is 16.1 Å². The first-order valence-electron chi connectivity index (χ1n) is 8.07. The number of aryl methyl sites for hydroxylation is 2. The number of aromatic amines is 1. The standard InChI is InChI=1S/C18H23NO5S/c1-5-23-18(20)17-13(3)16(14(4)19-17)10-11-24-25(21,22)15-8-6-12(2)7-9-15/h6-9,19H,5,10-11H2,1-4H3. The van der Waals surface area contributed by atoms with Crippen molar-refractivity contribution in [2.45, 2.75) is 39.0 Å². The molecule has 0 atom stereocenters. The van der Waals surface area contributed by atoms with Crippen molar-refractivity contribution in [3.8, 4) is 0 Å². The average molecular weight is 365 g/mol. The fraction of sp³-hybridized carbons (Fsp3) is 0.389. The van der Waals surface area contributed by atoms with Gasteiger partial charge in [0.2, 0.25) is 0 Å². The van der Waals surface area contributed by atoms with Crippen molar-refractivity contribution in [2.24, 2.45) is 0 Å². The highest BCUT2D eigenvalue weighted by Crippen LogP contribution is 2.20. The maximum atomic E-state index is 12.2. The molecule has 6 nitrogen and oxygen atoms in total. The number of aromatic nitrogens is 1. The van der Waals surface area contributed by atoms with Gasteiger partial charge in [-0.25, -0.2) is 4.79 Å². The van der Waals surface area contributed by atoms with Crippen LogP contribution in [0.5, 0.6) is 0 Å². The summed E-state index contributed by atoms with van der Waals surface area (Å²) >= 11 is 0. The van der Waals surface area contributed by atoms with Crippen LogP contribution in [-0.2, 0) is 25.5 Å². The zero-order valence-corrected chi connectivity index (χ0v) is 15.7. The molecule has 2 aromatic rings. The summed E-state index contributed by atoms with van der Waals surface area (Å²) < 4.78 is 34.5. The minimum Gasteiger partial charge on any atom is -0.461 e. The van der Waals surface area contributed by atoms with Gasteiger partial charge in [0.25, 0.3) is 10.1 Å². The van der Waals surface area contributed by atoms with Gasteiger partial charge in [0, 0.05) is 5.69 Å². The van der Waals surface area contributed by atoms with Gasteiger partial charge in [0.15, 0.2) is 0 Å². The van der Waals surface area contributed by atoms with Crippen LogP contribution in [0.4, 0.5) is 0 Å². The van der Waals surface area contributed by atoms with E-state index in [1.807, 2.05) is 13.8 Å². The Morgan fingerprint density at radius 2 is 1.76 bits per heavy atom. The van der Waals surface area contributed by atoms with Gasteiger partial charge in [-0.05, 0) is 57.4 Å². The summed E-state index contributed by atoms with van der Waals surface area (Å²) in [4.78, 5) is 15.0. The Morgan fingerprint density at radius 3 is 2.36 bits per heavy atom. The van der Waals surface area contributed by atoms with Crippen LogP contribution in [0, 0.1) is 20.8 Å². The van der Waals surface area contributed by atoms with Crippen molar-refractivity contribution in [1.29, 1.82) is 0 Å². The molecule has 0 saturated carbocycles. The van der Waals surface area contributed by atoms with Crippen molar-refractivity contribution in [3.05, 3.63) is 52.3 Å². The molecule has 7 heteroatoms. The lowest BCUT2D eigenvalue weighted by Gasteiger charge is -2.07. The van der Waals surface area contributed by atoms with E-state index in [1.165, 1.54) is 12.1 Å². The highest BCUT2D eigenvalue weighted by atomic mass is 32.2. The Labute approximate surface area is 148 Å². The largest absolute Gasteiger partial charge is 0.461 e. The summed E-state index contributed by atoms with van der Waals surface area (Å²) in [5.41, 5.74) is 3.80. The topological polar surface area (TPSA) is 85.5 Å². The van der Waals surface area contributed by atoms with Crippen LogP contribution in [0.15, 0.2) is 29.2 Å². The number of H-pyrrole nitrogens is 1. The first kappa shape index (κ1) is 19.2. The molecule has 136 valence electrons. The first-order valence-corrected chi connectivity index (χ1v) is 9.48. The number of esters is 1. The van der Waals surface area contributed by atoms with Crippen molar-refractivity contribution < 1.29 is 22.1 Å². The van der Waals surface area contributed by atoms with Crippen LogP contribution in [-0.4, -0.2) is 32.6 Å². The van der Waals surface area contributed by atoms with Gasteiger partial charge in [-0.15, -0.1) is 0 Å². The van der Waals surface area contributed by atoms with Gasteiger partial charge in [0.1, 0.15) is 5.69 Å². The molecule has 0 aliphatic heterocycles. The third-order valence-electron chi connectivity index (χ3n) is 3.97. The molecule has 0 aliphatic rings. The number of hydrogen-bond acceptors (Lipinski definition) is 5. The number of ether oxygens (including phenoxy) is 1. The van der Waals surface area contributed by atoms with E-state index in [0.29, 0.717) is 18.7 Å². The van der Waals surface area contributed by atoms with Gasteiger partial charge in [-0.3, -0.25) is 4.18 Å². The lowest BCUT2D eigenvalue weighted by molar-refractivity contribution is 0.0519. The van der Waals surface area contributed by atoms with Gasteiger partial charge in [-0.1, -0.05) is 17.7 Å². The molecule has 0 amide bonds. The van der Waals surface area contributed by atoms with Crippen LogP contribution in [0.3, 0.4) is 0 Å². The molecule has 0 bridgehead atoms. The normalized spacial score (nSPS) is 11.5. The maximum absolute atomic E-state index is 12.2. The SMILES string of the molecule is CCOC(=O)c1[nH]c(C)c(CCOS(=O)(=O)c2ccc(C)cc2)c1C. The van der Waals surface area contributed by atoms with E-state index in [1.54, 1.807) is 26.0 Å². The number of nitrogens with one attached hydrogen (secondary N) is 1. The highest BCUT2D eigenvalue weighted by molar-refractivity contribution is 7.86. The molecule has 0 unspecified atom stereocenters. The number of rotatable bonds is 7. The lowest BCUT2D eigenvalue weighted by atomic mass is 10.1. The summed E-state index contributed by atoms with van der Waals surface area (Å²) in [7, 11) is -3.79. The second kappa shape index (κ2) is 7.84. The molecule has 1 aromatic heterocycles. The Hall–Kier alpha value is -2.12. The molecule has 0 fully saturated rings. The molecule has 1 aromatic carbocycles. The predicted molar refractivity (Wildman–Crippen MR) is 94.2 cm³/mol. The van der Waals surface area contributed by atoms with E-state index >= 15 is 0 Å². The second-order valence-electron chi connectivity index (χ2n) is 5.79. The van der Waals surface area contributed by atoms with Crippen LogP contribution in [0.1, 0.15) is 39.8 Å². The molecule has 0 radical (unpaired) electrons. The average Bonchev–Trinajstić information content (AvgIpc) is 2.83. The molecule has 0 spiro atoms. The van der Waals surface area contributed by atoms with Gasteiger partial charge in [0.05, 0.1) is 18.1 Å². The molecule has 1 heterocycles. The van der Waals surface area contributed by atoms with E-state index in [0.717, 1.165) is 22.4 Å². The predicted octanol–water partition coefficient (Wildman–Crippen LogP) is 3.06. The quantitative estimate of drug-likeness (QED) is 0.602. The summed E-state index contributed by atoms with van der Waals surface area (Å²) in [6.45, 7) is 7.56. The fourth-order valence-corrected chi connectivity index (χ4v) is 3.51. The fourth-order valence-electron chi connectivity index (χ4n) is 2.60. The minimum atomic E-state index is -3.79. The van der Waals surface area contributed by atoms with Crippen LogP contribution < -0.4 is 0 Å². The first-order chi connectivity index (χ1) is 11.8. The molecule has 0 saturated heterocycles. The zero-order valence-electron chi connectivity index (χ0n) is 14.9. The smallest absolute Gasteiger partial charge is 0.355 e. The van der Waals surface area contributed by atoms with E-state index in [9.17, 15) is 13.2 Å². The third-order valence-corrected chi connectivity index (χ3v) is 5.30. The Morgan fingerprint density at radius 1 is 1.12 bits per heavy atom. The van der Waals surface area contributed by atoms with E-state index in [-0.39, 0.29) is 11.5 Å². The van der Waals surface area contributed by atoms with Crippen LogP contribution in [0.25, 0.3) is 0 Å². The zero-order chi connectivity index (χ0) is 18.6. The summed E-state index contributed by atoms with van der Waals surface area (Å²) in [5.74, 6) is -0.414. The summed E-state index contributed by atoms with van der Waals surface area (Å²) in [6.07, 6.45) is 0.374. The molecule has 0 aliphatic carbocycles. The van der Waals surface area contributed by atoms with E-state index < -0.39 is 16.1 Å². The lowest BCUT2D eigenvalue weighted by Crippen LogP contribution is -2.10. The van der Waals surface area contributed by atoms with Gasteiger partial charge >= 0.3 is 5.97 Å². The molecular formula is C18H23NO5S. The van der Waals surface area contributed by atoms with Crippen molar-refractivity contribution in [2.75, 3.05) is 13.2 Å². The van der Waals surface area contributed by atoms with Crippen molar-refractivity contribution in [1.82, 2.24) is 4.98 Å². The maximum Gasteiger partial charge on any atom is 0.355 e. The molecule has 2 rings (SSSR count). The minimum absolute atomic E-state index is 0.00198. The monoisotopic (exact) mass is 365 g/mol. The Balaban J connectivity index is 2.07. The van der Waals surface area contributed by atoms with Gasteiger partial charge < -0.3 is 9.72 Å². The molecular weight excluding hydrogens is 342 g/mol. The highest BCUT2D eigenvalue weighted by Gasteiger charge is 2.20. The number of hydrogen-bond donors (Lipinski definition) is 1. The Bertz CT molecular complexity index is 850. The van der Waals surface area contributed by atoms with Crippen LogP contribution >= 0.6 is 0 Å². The summed E-state index contributed by atoms with van der Waals surface area (Å²) in [5, 5.41) is 0. The Kier molecular flexibility index (Phi) is 6.02. The van der Waals surface area contributed by atoms with Crippen LogP contribution in [0.2, 0.25) is 0 Å². The second-order valence-corrected chi connectivity index (χ2v) is 7.40. The van der Waals surface area contributed by atoms with Crippen molar-refractivity contribution in [3.63, 3.8) is 0 Å². The van der Waals surface area contributed by atoms with E-state index in [2.05, 4.69) is 4.98 Å². The third kappa shape index (κ3) is 4.49. The molecule has 25 heavy (non-hydrogen) atoms. The summed E-state index contributed by atoms with van der Waals surface area (Å²) in [6, 6.07) is 6.50. The number of carbonyl (C=O) groups excluding carboxylic acids is 1. The molecule has 1 N–H and O–H groups in total. The number of carbonyl (C=O) groups is 1. The number of benzene rings is 1. The van der Waals surface area contributed by atoms with Gasteiger partial charge in [-0.2, -0.15) is 8.42 Å². The van der Waals surface area contributed by atoms with E-state index in [4.69, 9.17) is 8.92 Å².